The molecule has 2 N–H and O–H groups in total. The van der Waals surface area contributed by atoms with Gasteiger partial charge in [0.1, 0.15) is 0 Å². The number of amides is 1. The summed E-state index contributed by atoms with van der Waals surface area (Å²) < 4.78 is 0. The number of hydrogen-bond acceptors (Lipinski definition) is 2. The third-order valence-electron chi connectivity index (χ3n) is 4.79. The van der Waals surface area contributed by atoms with Crippen LogP contribution in [0.5, 0.6) is 0 Å². The first kappa shape index (κ1) is 14.5. The molecule has 23 heavy (non-hydrogen) atoms. The predicted molar refractivity (Wildman–Crippen MR) is 92.7 cm³/mol. The molecular weight excluding hydrogens is 284 g/mol. The van der Waals surface area contributed by atoms with E-state index in [0.29, 0.717) is 17.5 Å². The van der Waals surface area contributed by atoms with Crippen molar-refractivity contribution >= 4 is 11.6 Å². The van der Waals surface area contributed by atoms with Crippen molar-refractivity contribution in [3.05, 3.63) is 65.7 Å². The third kappa shape index (κ3) is 3.62. The molecule has 2 aromatic rings. The van der Waals surface area contributed by atoms with Crippen LogP contribution in [0.2, 0.25) is 0 Å². The maximum Gasteiger partial charge on any atom is 0.255 e. The molecule has 1 amide bonds. The molecule has 2 atom stereocenters. The number of nitrogens with one attached hydrogen (secondary N) is 2. The molecule has 2 aliphatic carbocycles. The molecule has 2 fully saturated rings. The van der Waals surface area contributed by atoms with Crippen molar-refractivity contribution in [2.75, 3.05) is 11.9 Å². The normalized spacial score (nSPS) is 22.6. The molecule has 3 nitrogen and oxygen atoms in total. The van der Waals surface area contributed by atoms with E-state index < -0.39 is 0 Å². The third-order valence-corrected chi connectivity index (χ3v) is 4.79. The topological polar surface area (TPSA) is 41.1 Å². The van der Waals surface area contributed by atoms with Crippen molar-refractivity contribution in [2.24, 2.45) is 5.92 Å². The van der Waals surface area contributed by atoms with Crippen molar-refractivity contribution in [3.8, 4) is 0 Å². The number of hydrogen-bond donors (Lipinski definition) is 2. The van der Waals surface area contributed by atoms with Crippen LogP contribution in [-0.4, -0.2) is 18.5 Å². The molecule has 0 bridgehead atoms. The molecule has 118 valence electrons. The summed E-state index contributed by atoms with van der Waals surface area (Å²) in [4.78, 5) is 12.1. The molecule has 0 aromatic heterocycles. The van der Waals surface area contributed by atoms with Gasteiger partial charge < -0.3 is 10.6 Å². The van der Waals surface area contributed by atoms with Crippen LogP contribution in [0.4, 0.5) is 5.69 Å². The zero-order valence-electron chi connectivity index (χ0n) is 13.2. The molecule has 0 radical (unpaired) electrons. The minimum Gasteiger partial charge on any atom is -0.322 e. The van der Waals surface area contributed by atoms with Crippen LogP contribution < -0.4 is 10.6 Å². The second kappa shape index (κ2) is 6.17. The highest BCUT2D eigenvalue weighted by Crippen LogP contribution is 2.41. The van der Waals surface area contributed by atoms with E-state index in [9.17, 15) is 4.79 Å². The summed E-state index contributed by atoms with van der Waals surface area (Å²) in [5.74, 6) is 1.52. The van der Waals surface area contributed by atoms with Crippen LogP contribution in [-0.2, 0) is 0 Å². The first-order chi connectivity index (χ1) is 11.3. The van der Waals surface area contributed by atoms with E-state index in [1.54, 1.807) is 0 Å². The van der Waals surface area contributed by atoms with Crippen LogP contribution in [0.25, 0.3) is 0 Å². The average molecular weight is 306 g/mol. The molecule has 2 aromatic carbocycles. The Morgan fingerprint density at radius 3 is 2.43 bits per heavy atom. The van der Waals surface area contributed by atoms with Crippen LogP contribution >= 0.6 is 0 Å². The van der Waals surface area contributed by atoms with E-state index >= 15 is 0 Å². The largest absolute Gasteiger partial charge is 0.322 e. The highest BCUT2D eigenvalue weighted by molar-refractivity contribution is 6.04. The van der Waals surface area contributed by atoms with Crippen LogP contribution in [0.3, 0.4) is 0 Å². The minimum absolute atomic E-state index is 0.0613. The molecule has 0 unspecified atom stereocenters. The number of carbonyl (C=O) groups is 1. The number of carbonyl (C=O) groups excluding carboxylic acids is 1. The fraction of sp³-hybridized carbons (Fsp3) is 0.350. The SMILES string of the molecule is O=C(Nc1ccc([C@@H]2C[C@H]2NCC2CC2)cc1)c1ccccc1. The van der Waals surface area contributed by atoms with Crippen LogP contribution in [0, 0.1) is 5.92 Å². The van der Waals surface area contributed by atoms with Gasteiger partial charge in [-0.1, -0.05) is 30.3 Å². The summed E-state index contributed by atoms with van der Waals surface area (Å²) in [5, 5.41) is 6.62. The lowest BCUT2D eigenvalue weighted by Crippen LogP contribution is -2.20. The van der Waals surface area contributed by atoms with E-state index in [-0.39, 0.29) is 5.91 Å². The van der Waals surface area contributed by atoms with E-state index in [1.165, 1.54) is 31.4 Å². The van der Waals surface area contributed by atoms with Crippen LogP contribution in [0.1, 0.15) is 41.1 Å². The molecule has 0 heterocycles. The standard InChI is InChI=1S/C20H22N2O/c23-20(16-4-2-1-3-5-16)22-17-10-8-15(9-11-17)18-12-19(18)21-13-14-6-7-14/h1-5,8-11,14,18-19,21H,6-7,12-13H2,(H,22,23)/t18-,19+/m0/s1. The zero-order chi connectivity index (χ0) is 15.6. The van der Waals surface area contributed by atoms with Gasteiger partial charge in [0.05, 0.1) is 0 Å². The van der Waals surface area contributed by atoms with Crippen molar-refractivity contribution in [1.82, 2.24) is 5.32 Å². The molecular formula is C20H22N2O. The molecule has 2 aliphatic rings. The second-order valence-corrected chi connectivity index (χ2v) is 6.74. The van der Waals surface area contributed by atoms with Gasteiger partial charge in [-0.2, -0.15) is 0 Å². The quantitative estimate of drug-likeness (QED) is 0.852. The highest BCUT2D eigenvalue weighted by atomic mass is 16.1. The Hall–Kier alpha value is -2.13. The van der Waals surface area contributed by atoms with Gasteiger partial charge in [0.2, 0.25) is 0 Å². The van der Waals surface area contributed by atoms with E-state index in [1.807, 2.05) is 42.5 Å². The summed E-state index contributed by atoms with van der Waals surface area (Å²) in [6.45, 7) is 1.19. The lowest BCUT2D eigenvalue weighted by Gasteiger charge is -2.07. The van der Waals surface area contributed by atoms with E-state index in [2.05, 4.69) is 22.8 Å². The van der Waals surface area contributed by atoms with Crippen molar-refractivity contribution in [3.63, 3.8) is 0 Å². The first-order valence-corrected chi connectivity index (χ1v) is 8.49. The Morgan fingerprint density at radius 2 is 1.74 bits per heavy atom. The van der Waals surface area contributed by atoms with Crippen LogP contribution in [0.15, 0.2) is 54.6 Å². The number of rotatable bonds is 6. The number of benzene rings is 2. The summed E-state index contributed by atoms with van der Waals surface area (Å²) >= 11 is 0. The van der Waals surface area contributed by atoms with Gasteiger partial charge in [0.15, 0.2) is 0 Å². The van der Waals surface area contributed by atoms with Gasteiger partial charge in [-0.25, -0.2) is 0 Å². The second-order valence-electron chi connectivity index (χ2n) is 6.74. The Labute approximate surface area is 137 Å². The Balaban J connectivity index is 1.32. The van der Waals surface area contributed by atoms with Crippen molar-refractivity contribution in [1.29, 1.82) is 0 Å². The molecule has 0 aliphatic heterocycles. The monoisotopic (exact) mass is 306 g/mol. The predicted octanol–water partition coefficient (Wildman–Crippen LogP) is 3.79. The van der Waals surface area contributed by atoms with Gasteiger partial charge in [0, 0.05) is 23.2 Å². The Bertz CT molecular complexity index is 677. The molecule has 4 rings (SSSR count). The molecule has 0 saturated heterocycles. The maximum absolute atomic E-state index is 12.1. The van der Waals surface area contributed by atoms with Crippen molar-refractivity contribution in [2.45, 2.75) is 31.2 Å². The molecule has 0 spiro atoms. The summed E-state index contributed by atoms with van der Waals surface area (Å²) in [6, 6.07) is 18.3. The highest BCUT2D eigenvalue weighted by Gasteiger charge is 2.38. The van der Waals surface area contributed by atoms with E-state index in [0.717, 1.165) is 11.6 Å². The zero-order valence-corrected chi connectivity index (χ0v) is 13.2. The van der Waals surface area contributed by atoms with Crippen molar-refractivity contribution < 1.29 is 4.79 Å². The average Bonchev–Trinajstić information content (AvgIpc) is 3.49. The molecule has 3 heteroatoms. The lowest BCUT2D eigenvalue weighted by atomic mass is 10.1. The smallest absolute Gasteiger partial charge is 0.255 e. The fourth-order valence-electron chi connectivity index (χ4n) is 3.04. The molecule has 2 saturated carbocycles. The minimum atomic E-state index is -0.0613. The van der Waals surface area contributed by atoms with Gasteiger partial charge in [-0.05, 0) is 61.6 Å². The first-order valence-electron chi connectivity index (χ1n) is 8.49. The summed E-state index contributed by atoms with van der Waals surface area (Å²) in [6.07, 6.45) is 4.04. The summed E-state index contributed by atoms with van der Waals surface area (Å²) in [5.41, 5.74) is 2.91. The van der Waals surface area contributed by atoms with Gasteiger partial charge in [0.25, 0.3) is 5.91 Å². The maximum atomic E-state index is 12.1. The van der Waals surface area contributed by atoms with Gasteiger partial charge in [-0.15, -0.1) is 0 Å². The number of anilines is 1. The Kier molecular flexibility index (Phi) is 3.88. The van der Waals surface area contributed by atoms with Gasteiger partial charge in [-0.3, -0.25) is 4.79 Å². The van der Waals surface area contributed by atoms with E-state index in [4.69, 9.17) is 0 Å². The fourth-order valence-corrected chi connectivity index (χ4v) is 3.04. The van der Waals surface area contributed by atoms with Gasteiger partial charge >= 0.3 is 0 Å². The lowest BCUT2D eigenvalue weighted by molar-refractivity contribution is 0.102. The summed E-state index contributed by atoms with van der Waals surface area (Å²) in [7, 11) is 0. The Morgan fingerprint density at radius 1 is 1.00 bits per heavy atom.